The molecule has 1 atom stereocenters. The van der Waals surface area contributed by atoms with Crippen LogP contribution in [0.5, 0.6) is 0 Å². The third-order valence-corrected chi connectivity index (χ3v) is 5.84. The van der Waals surface area contributed by atoms with Gasteiger partial charge in [0.05, 0.1) is 17.9 Å². The zero-order valence-corrected chi connectivity index (χ0v) is 18.4. The second kappa shape index (κ2) is 11.6. The van der Waals surface area contributed by atoms with Gasteiger partial charge in [0.25, 0.3) is 0 Å². The molecule has 0 radical (unpaired) electrons. The fraction of sp³-hybridized carbons (Fsp3) is 0.682. The van der Waals surface area contributed by atoms with E-state index in [1.165, 1.54) is 0 Å². The minimum Gasteiger partial charge on any atom is -0.475 e. The predicted molar refractivity (Wildman–Crippen MR) is 110 cm³/mol. The summed E-state index contributed by atoms with van der Waals surface area (Å²) in [6.45, 7) is 7.73. The van der Waals surface area contributed by atoms with Crippen LogP contribution in [0.15, 0.2) is 24.4 Å². The molecular formula is C22H31F3N2O5. The number of piperidine rings is 1. The van der Waals surface area contributed by atoms with Gasteiger partial charge in [-0.1, -0.05) is 19.9 Å². The van der Waals surface area contributed by atoms with Gasteiger partial charge in [-0.25, -0.2) is 4.79 Å². The number of pyridine rings is 1. The molecule has 1 spiro atoms. The number of aliphatic carboxylic acids is 1. The summed E-state index contributed by atoms with van der Waals surface area (Å²) >= 11 is 0. The van der Waals surface area contributed by atoms with Crippen LogP contribution in [-0.4, -0.2) is 64.9 Å². The number of hydrogen-bond acceptors (Lipinski definition) is 5. The van der Waals surface area contributed by atoms with Crippen LogP contribution in [-0.2, 0) is 25.7 Å². The monoisotopic (exact) mass is 460 g/mol. The minimum atomic E-state index is -5.08. The number of alkyl halides is 3. The molecule has 0 saturated carbocycles. The molecule has 1 aromatic heterocycles. The van der Waals surface area contributed by atoms with Crippen LogP contribution in [0, 0.1) is 11.8 Å². The first-order valence-electron chi connectivity index (χ1n) is 10.8. The van der Waals surface area contributed by atoms with E-state index >= 15 is 0 Å². The first-order valence-corrected chi connectivity index (χ1v) is 10.8. The molecule has 3 heterocycles. The Morgan fingerprint density at radius 2 is 1.97 bits per heavy atom. The number of carboxylic acid groups (broad SMARTS) is 1. The van der Waals surface area contributed by atoms with Crippen molar-refractivity contribution in [2.75, 3.05) is 26.3 Å². The molecule has 1 amide bonds. The van der Waals surface area contributed by atoms with Crippen molar-refractivity contribution in [2.45, 2.75) is 57.9 Å². The molecule has 0 bridgehead atoms. The van der Waals surface area contributed by atoms with Crippen molar-refractivity contribution in [3.05, 3.63) is 30.1 Å². The van der Waals surface area contributed by atoms with Crippen molar-refractivity contribution in [1.82, 2.24) is 9.88 Å². The number of aromatic nitrogens is 1. The molecule has 2 saturated heterocycles. The molecule has 7 nitrogen and oxygen atoms in total. The van der Waals surface area contributed by atoms with E-state index < -0.39 is 12.1 Å². The number of hydrogen-bond donors (Lipinski definition) is 1. The van der Waals surface area contributed by atoms with E-state index in [2.05, 4.69) is 4.98 Å². The quantitative estimate of drug-likeness (QED) is 0.652. The summed E-state index contributed by atoms with van der Waals surface area (Å²) in [4.78, 5) is 27.4. The van der Waals surface area contributed by atoms with Gasteiger partial charge in [0.2, 0.25) is 5.91 Å². The number of amides is 1. The van der Waals surface area contributed by atoms with Gasteiger partial charge in [-0.15, -0.1) is 0 Å². The van der Waals surface area contributed by atoms with Crippen molar-refractivity contribution in [3.63, 3.8) is 0 Å². The SMILES string of the molecule is CC(C)C(=O)N1CCC2(CC1)OCCC2CCOCc1ccccn1.O=C(O)C(F)(F)F. The Bertz CT molecular complexity index is 735. The third-order valence-electron chi connectivity index (χ3n) is 5.84. The smallest absolute Gasteiger partial charge is 0.475 e. The number of carboxylic acids is 1. The summed E-state index contributed by atoms with van der Waals surface area (Å²) in [7, 11) is 0. The highest BCUT2D eigenvalue weighted by Crippen LogP contribution is 2.42. The summed E-state index contributed by atoms with van der Waals surface area (Å²) in [6, 6.07) is 5.89. The van der Waals surface area contributed by atoms with Gasteiger partial charge in [0.1, 0.15) is 0 Å². The summed E-state index contributed by atoms with van der Waals surface area (Å²) in [6.07, 6.45) is 0.744. The molecule has 180 valence electrons. The second-order valence-electron chi connectivity index (χ2n) is 8.34. The van der Waals surface area contributed by atoms with Gasteiger partial charge in [0.15, 0.2) is 0 Å². The first-order chi connectivity index (χ1) is 15.0. The van der Waals surface area contributed by atoms with Crippen LogP contribution in [0.4, 0.5) is 13.2 Å². The van der Waals surface area contributed by atoms with Crippen molar-refractivity contribution in [1.29, 1.82) is 0 Å². The molecular weight excluding hydrogens is 429 g/mol. The zero-order valence-electron chi connectivity index (χ0n) is 18.4. The highest BCUT2D eigenvalue weighted by atomic mass is 19.4. The lowest BCUT2D eigenvalue weighted by molar-refractivity contribution is -0.192. The lowest BCUT2D eigenvalue weighted by atomic mass is 9.78. The van der Waals surface area contributed by atoms with E-state index in [9.17, 15) is 18.0 Å². The first kappa shape index (κ1) is 26.1. The molecule has 10 heteroatoms. The van der Waals surface area contributed by atoms with Crippen molar-refractivity contribution < 1.29 is 37.3 Å². The Morgan fingerprint density at radius 3 is 2.50 bits per heavy atom. The maximum Gasteiger partial charge on any atom is 0.490 e. The van der Waals surface area contributed by atoms with Crippen LogP contribution in [0.25, 0.3) is 0 Å². The van der Waals surface area contributed by atoms with Gasteiger partial charge in [-0.05, 0) is 43.7 Å². The van der Waals surface area contributed by atoms with Gasteiger partial charge < -0.3 is 19.5 Å². The number of likely N-dealkylation sites (tertiary alicyclic amines) is 1. The number of carbonyl (C=O) groups is 2. The molecule has 1 aromatic rings. The number of nitrogens with zero attached hydrogens (tertiary/aromatic N) is 2. The maximum absolute atomic E-state index is 12.2. The van der Waals surface area contributed by atoms with E-state index in [4.69, 9.17) is 19.4 Å². The van der Waals surface area contributed by atoms with Crippen molar-refractivity contribution >= 4 is 11.9 Å². The number of rotatable bonds is 6. The van der Waals surface area contributed by atoms with E-state index in [1.807, 2.05) is 36.9 Å². The average molecular weight is 460 g/mol. The standard InChI is InChI=1S/C20H30N2O3.C2HF3O2/c1-16(2)19(23)22-11-8-20(9-12-22)17(7-14-25-20)6-13-24-15-18-5-3-4-10-21-18;3-2(4,5)1(6)7/h3-5,10,16-17H,6-9,11-15H2,1-2H3;(H,6,7). The van der Waals surface area contributed by atoms with Crippen molar-refractivity contribution in [3.8, 4) is 0 Å². The Labute approximate surface area is 185 Å². The summed E-state index contributed by atoms with van der Waals surface area (Å²) < 4.78 is 43.8. The molecule has 3 rings (SSSR count). The van der Waals surface area contributed by atoms with E-state index in [-0.39, 0.29) is 17.4 Å². The topological polar surface area (TPSA) is 89.0 Å². The normalized spacial score (nSPS) is 20.2. The Morgan fingerprint density at radius 1 is 1.31 bits per heavy atom. The van der Waals surface area contributed by atoms with Crippen LogP contribution < -0.4 is 0 Å². The van der Waals surface area contributed by atoms with E-state index in [0.717, 1.165) is 57.7 Å². The lowest BCUT2D eigenvalue weighted by Crippen LogP contribution is -2.50. The molecule has 0 aliphatic carbocycles. The molecule has 2 aliphatic heterocycles. The van der Waals surface area contributed by atoms with Crippen LogP contribution >= 0.6 is 0 Å². The molecule has 1 unspecified atom stereocenters. The minimum absolute atomic E-state index is 0.0396. The largest absolute Gasteiger partial charge is 0.490 e. The maximum atomic E-state index is 12.2. The highest BCUT2D eigenvalue weighted by Gasteiger charge is 2.46. The highest BCUT2D eigenvalue weighted by molar-refractivity contribution is 5.78. The predicted octanol–water partition coefficient (Wildman–Crippen LogP) is 3.68. The Balaban J connectivity index is 0.000000451. The fourth-order valence-electron chi connectivity index (χ4n) is 4.10. The molecule has 2 aliphatic rings. The van der Waals surface area contributed by atoms with Crippen LogP contribution in [0.3, 0.4) is 0 Å². The van der Waals surface area contributed by atoms with Crippen molar-refractivity contribution in [2.24, 2.45) is 11.8 Å². The average Bonchev–Trinajstić information content (AvgIpc) is 3.13. The van der Waals surface area contributed by atoms with Gasteiger partial charge >= 0.3 is 12.1 Å². The van der Waals surface area contributed by atoms with Crippen LogP contribution in [0.2, 0.25) is 0 Å². The van der Waals surface area contributed by atoms with Gasteiger partial charge in [-0.3, -0.25) is 9.78 Å². The number of carbonyl (C=O) groups excluding carboxylic acids is 1. The molecule has 2 fully saturated rings. The molecule has 1 N–H and O–H groups in total. The van der Waals surface area contributed by atoms with Gasteiger partial charge in [-0.2, -0.15) is 13.2 Å². The Hall–Kier alpha value is -2.20. The van der Waals surface area contributed by atoms with Gasteiger partial charge in [0, 0.05) is 38.4 Å². The summed E-state index contributed by atoms with van der Waals surface area (Å²) in [5.41, 5.74) is 0.933. The fourth-order valence-corrected chi connectivity index (χ4v) is 4.10. The zero-order chi connectivity index (χ0) is 23.8. The molecule has 32 heavy (non-hydrogen) atoms. The van der Waals surface area contributed by atoms with Crippen LogP contribution in [0.1, 0.15) is 45.2 Å². The Kier molecular flexibility index (Phi) is 9.45. The van der Waals surface area contributed by atoms with E-state index in [0.29, 0.717) is 12.5 Å². The number of ether oxygens (including phenoxy) is 2. The third kappa shape index (κ3) is 7.44. The summed E-state index contributed by atoms with van der Waals surface area (Å²) in [5, 5.41) is 7.12. The lowest BCUT2D eigenvalue weighted by Gasteiger charge is -2.42. The second-order valence-corrected chi connectivity index (χ2v) is 8.34. The summed E-state index contributed by atoms with van der Waals surface area (Å²) in [5.74, 6) is -1.88. The van der Waals surface area contributed by atoms with E-state index in [1.54, 1.807) is 6.20 Å². The molecule has 0 aromatic carbocycles. The number of halogens is 3.